The number of hydrogen-bond donors (Lipinski definition) is 1. The number of ether oxygens (including phenoxy) is 1. The van der Waals surface area contributed by atoms with Crippen LogP contribution < -0.4 is 9.62 Å². The number of amides is 1. The van der Waals surface area contributed by atoms with Gasteiger partial charge < -0.3 is 9.64 Å². The quantitative estimate of drug-likeness (QED) is 0.853. The number of rotatable bonds is 5. The van der Waals surface area contributed by atoms with E-state index in [4.69, 9.17) is 4.74 Å². The summed E-state index contributed by atoms with van der Waals surface area (Å²) in [5.41, 5.74) is 3.83. The Labute approximate surface area is 160 Å². The molecule has 3 rings (SSSR count). The van der Waals surface area contributed by atoms with Gasteiger partial charge in [0.2, 0.25) is 10.0 Å². The lowest BCUT2D eigenvalue weighted by molar-refractivity contribution is -0.129. The van der Waals surface area contributed by atoms with Crippen LogP contribution >= 0.6 is 0 Å². The van der Waals surface area contributed by atoms with E-state index >= 15 is 0 Å². The first kappa shape index (κ1) is 19.5. The summed E-state index contributed by atoms with van der Waals surface area (Å²) in [6.45, 7) is 6.15. The highest BCUT2D eigenvalue weighted by molar-refractivity contribution is 7.89. The van der Waals surface area contributed by atoms with Crippen LogP contribution in [0.25, 0.3) is 0 Å². The number of hydrogen-bond acceptors (Lipinski definition) is 4. The zero-order valence-electron chi connectivity index (χ0n) is 15.7. The monoisotopic (exact) mass is 388 g/mol. The van der Waals surface area contributed by atoms with Gasteiger partial charge in [0.1, 0.15) is 6.61 Å². The SMILES string of the molecule is Cc1cc(C)cc(N2CC(CNS(=O)(=O)c3cccc(C)c3)OCC2=O)c1. The molecule has 1 N–H and O–H groups in total. The number of carbonyl (C=O) groups excluding carboxylic acids is 1. The Morgan fingerprint density at radius 3 is 2.44 bits per heavy atom. The summed E-state index contributed by atoms with van der Waals surface area (Å²) in [6.07, 6.45) is -0.414. The maximum absolute atomic E-state index is 12.5. The van der Waals surface area contributed by atoms with Crippen LogP contribution in [0.2, 0.25) is 0 Å². The van der Waals surface area contributed by atoms with Crippen molar-refractivity contribution in [3.63, 3.8) is 0 Å². The second-order valence-corrected chi connectivity index (χ2v) is 8.72. The topological polar surface area (TPSA) is 75.7 Å². The van der Waals surface area contributed by atoms with Gasteiger partial charge in [0.15, 0.2) is 0 Å². The zero-order valence-corrected chi connectivity index (χ0v) is 16.5. The second-order valence-electron chi connectivity index (χ2n) is 6.95. The Bertz CT molecular complexity index is 936. The summed E-state index contributed by atoms with van der Waals surface area (Å²) in [5.74, 6) is -0.127. The molecule has 7 heteroatoms. The van der Waals surface area contributed by atoms with E-state index in [1.807, 2.05) is 45.0 Å². The molecule has 1 saturated heterocycles. The zero-order chi connectivity index (χ0) is 19.6. The van der Waals surface area contributed by atoms with Gasteiger partial charge in [0, 0.05) is 12.2 Å². The molecule has 0 spiro atoms. The Hall–Kier alpha value is -2.22. The van der Waals surface area contributed by atoms with Gasteiger partial charge in [-0.2, -0.15) is 0 Å². The molecular formula is C20H24N2O4S. The number of sulfonamides is 1. The van der Waals surface area contributed by atoms with Crippen molar-refractivity contribution in [2.45, 2.75) is 31.8 Å². The third-order valence-corrected chi connectivity index (χ3v) is 5.87. The standard InChI is InChI=1S/C20H24N2O4S/c1-14-5-4-6-19(10-14)27(24,25)21-11-18-12-22(20(23)13-26-18)17-8-15(2)7-16(3)9-17/h4-10,18,21H,11-13H2,1-3H3. The Balaban J connectivity index is 1.70. The lowest BCUT2D eigenvalue weighted by atomic mass is 10.1. The van der Waals surface area contributed by atoms with Crippen molar-refractivity contribution in [1.82, 2.24) is 4.72 Å². The van der Waals surface area contributed by atoms with Crippen LogP contribution in [0.15, 0.2) is 47.4 Å². The van der Waals surface area contributed by atoms with Crippen LogP contribution in [0.3, 0.4) is 0 Å². The van der Waals surface area contributed by atoms with Gasteiger partial charge in [-0.1, -0.05) is 18.2 Å². The van der Waals surface area contributed by atoms with Crippen molar-refractivity contribution in [1.29, 1.82) is 0 Å². The number of carbonyl (C=O) groups is 1. The van der Waals surface area contributed by atoms with Gasteiger partial charge in [-0.05, 0) is 61.7 Å². The third-order valence-electron chi connectivity index (χ3n) is 4.45. The Morgan fingerprint density at radius 1 is 1.07 bits per heavy atom. The normalized spacial score (nSPS) is 18.0. The number of nitrogens with one attached hydrogen (secondary N) is 1. The fourth-order valence-corrected chi connectivity index (χ4v) is 4.34. The molecule has 0 aromatic heterocycles. The lowest BCUT2D eigenvalue weighted by Gasteiger charge is -2.33. The molecule has 0 bridgehead atoms. The average Bonchev–Trinajstić information content (AvgIpc) is 2.60. The predicted molar refractivity (Wildman–Crippen MR) is 104 cm³/mol. The first-order chi connectivity index (χ1) is 12.7. The molecule has 1 fully saturated rings. The van der Waals surface area contributed by atoms with E-state index in [2.05, 4.69) is 4.72 Å². The van der Waals surface area contributed by atoms with E-state index in [-0.39, 0.29) is 24.0 Å². The molecule has 0 aliphatic carbocycles. The van der Waals surface area contributed by atoms with Crippen molar-refractivity contribution in [2.75, 3.05) is 24.6 Å². The first-order valence-corrected chi connectivity index (χ1v) is 10.3. The number of benzene rings is 2. The summed E-state index contributed by atoms with van der Waals surface area (Å²) in [6, 6.07) is 12.7. The molecule has 1 heterocycles. The number of nitrogens with zero attached hydrogens (tertiary/aromatic N) is 1. The van der Waals surface area contributed by atoms with Crippen LogP contribution in [0.4, 0.5) is 5.69 Å². The smallest absolute Gasteiger partial charge is 0.253 e. The number of aryl methyl sites for hydroxylation is 3. The highest BCUT2D eigenvalue weighted by Gasteiger charge is 2.29. The molecule has 27 heavy (non-hydrogen) atoms. The summed E-state index contributed by atoms with van der Waals surface area (Å²) >= 11 is 0. The average molecular weight is 388 g/mol. The van der Waals surface area contributed by atoms with E-state index in [9.17, 15) is 13.2 Å². The molecule has 1 aliphatic heterocycles. The lowest BCUT2D eigenvalue weighted by Crippen LogP contribution is -2.50. The van der Waals surface area contributed by atoms with E-state index in [1.165, 1.54) is 0 Å². The predicted octanol–water partition coefficient (Wildman–Crippen LogP) is 2.32. The van der Waals surface area contributed by atoms with E-state index < -0.39 is 16.1 Å². The highest BCUT2D eigenvalue weighted by atomic mass is 32.2. The van der Waals surface area contributed by atoms with Gasteiger partial charge in [0.05, 0.1) is 17.5 Å². The Morgan fingerprint density at radius 2 is 1.78 bits per heavy atom. The van der Waals surface area contributed by atoms with Crippen molar-refractivity contribution in [3.05, 3.63) is 59.2 Å². The summed E-state index contributed by atoms with van der Waals surface area (Å²) in [4.78, 5) is 14.2. The molecular weight excluding hydrogens is 364 g/mol. The maximum atomic E-state index is 12.5. The molecule has 1 amide bonds. The second kappa shape index (κ2) is 7.80. The van der Waals surface area contributed by atoms with E-state index in [1.54, 1.807) is 23.1 Å². The molecule has 1 unspecified atom stereocenters. The first-order valence-electron chi connectivity index (χ1n) is 8.81. The summed E-state index contributed by atoms with van der Waals surface area (Å²) < 4.78 is 33.1. The van der Waals surface area contributed by atoms with Crippen LogP contribution in [-0.2, 0) is 19.6 Å². The summed E-state index contributed by atoms with van der Waals surface area (Å²) in [5, 5.41) is 0. The molecule has 0 saturated carbocycles. The summed E-state index contributed by atoms with van der Waals surface area (Å²) in [7, 11) is -3.62. The van der Waals surface area contributed by atoms with Crippen LogP contribution in [0, 0.1) is 20.8 Å². The highest BCUT2D eigenvalue weighted by Crippen LogP contribution is 2.22. The minimum atomic E-state index is -3.62. The van der Waals surface area contributed by atoms with Crippen molar-refractivity contribution >= 4 is 21.6 Å². The third kappa shape index (κ3) is 4.74. The fraction of sp³-hybridized carbons (Fsp3) is 0.350. The number of anilines is 1. The molecule has 6 nitrogen and oxygen atoms in total. The minimum absolute atomic E-state index is 0.0656. The van der Waals surface area contributed by atoms with Gasteiger partial charge in [0.25, 0.3) is 5.91 Å². The molecule has 1 aliphatic rings. The van der Waals surface area contributed by atoms with Crippen LogP contribution in [0.5, 0.6) is 0 Å². The molecule has 2 aromatic rings. The van der Waals surface area contributed by atoms with Gasteiger partial charge in [-0.25, -0.2) is 13.1 Å². The van der Waals surface area contributed by atoms with Gasteiger partial charge in [-0.15, -0.1) is 0 Å². The van der Waals surface area contributed by atoms with Crippen LogP contribution in [-0.4, -0.2) is 40.1 Å². The minimum Gasteiger partial charge on any atom is -0.365 e. The van der Waals surface area contributed by atoms with E-state index in [0.717, 1.165) is 22.4 Å². The van der Waals surface area contributed by atoms with Crippen molar-refractivity contribution in [3.8, 4) is 0 Å². The number of morpholine rings is 1. The fourth-order valence-electron chi connectivity index (χ4n) is 3.17. The largest absolute Gasteiger partial charge is 0.365 e. The molecule has 1 atom stereocenters. The maximum Gasteiger partial charge on any atom is 0.253 e. The van der Waals surface area contributed by atoms with Crippen LogP contribution in [0.1, 0.15) is 16.7 Å². The Kier molecular flexibility index (Phi) is 5.64. The molecule has 144 valence electrons. The van der Waals surface area contributed by atoms with Crippen molar-refractivity contribution in [2.24, 2.45) is 0 Å². The van der Waals surface area contributed by atoms with Gasteiger partial charge >= 0.3 is 0 Å². The molecule has 2 aromatic carbocycles. The van der Waals surface area contributed by atoms with Crippen molar-refractivity contribution < 1.29 is 17.9 Å². The molecule has 0 radical (unpaired) electrons. The van der Waals surface area contributed by atoms with E-state index in [0.29, 0.717) is 6.54 Å². The van der Waals surface area contributed by atoms with Gasteiger partial charge in [-0.3, -0.25) is 4.79 Å².